The summed E-state index contributed by atoms with van der Waals surface area (Å²) in [5, 5.41) is 10.4. The van der Waals surface area contributed by atoms with Crippen molar-refractivity contribution in [2.45, 2.75) is 25.6 Å². The zero-order valence-electron chi connectivity index (χ0n) is 14.4. The number of benzene rings is 2. The van der Waals surface area contributed by atoms with Gasteiger partial charge in [0.15, 0.2) is 0 Å². The Labute approximate surface area is 147 Å². The van der Waals surface area contributed by atoms with Gasteiger partial charge < -0.3 is 9.84 Å². The zero-order valence-corrected chi connectivity index (χ0v) is 14.4. The van der Waals surface area contributed by atoms with E-state index >= 15 is 0 Å². The smallest absolute Gasteiger partial charge is 0.277 e. The second-order valence-corrected chi connectivity index (χ2v) is 6.10. The summed E-state index contributed by atoms with van der Waals surface area (Å²) in [5.74, 6) is -0.177. The summed E-state index contributed by atoms with van der Waals surface area (Å²) in [7, 11) is 1.63. The number of carbonyl (C=O) groups excluding carboxylic acids is 1. The number of hydrogen-bond acceptors (Lipinski definition) is 4. The van der Waals surface area contributed by atoms with Crippen LogP contribution in [0.3, 0.4) is 0 Å². The van der Waals surface area contributed by atoms with Gasteiger partial charge in [0.2, 0.25) is 0 Å². The third-order valence-corrected chi connectivity index (χ3v) is 4.37. The van der Waals surface area contributed by atoms with Gasteiger partial charge in [-0.1, -0.05) is 36.4 Å². The lowest BCUT2D eigenvalue weighted by Gasteiger charge is -2.26. The van der Waals surface area contributed by atoms with Gasteiger partial charge in [0.1, 0.15) is 6.61 Å². The van der Waals surface area contributed by atoms with Gasteiger partial charge >= 0.3 is 0 Å². The molecular weight excluding hydrogens is 318 g/mol. The molecule has 1 aliphatic rings. The minimum absolute atomic E-state index is 0.0842. The number of aliphatic hydroxyl groups excluding tert-OH is 1. The summed E-state index contributed by atoms with van der Waals surface area (Å²) in [6.07, 6.45) is 1.25. The van der Waals surface area contributed by atoms with Crippen LogP contribution >= 0.6 is 0 Å². The van der Waals surface area contributed by atoms with Gasteiger partial charge in [0.05, 0.1) is 12.7 Å². The van der Waals surface area contributed by atoms with E-state index in [1.807, 2.05) is 42.5 Å². The van der Waals surface area contributed by atoms with Gasteiger partial charge in [0.25, 0.3) is 5.91 Å². The SMILES string of the molecule is CN(OCc1ccccc1)C(=O)c1ccc2c(c1)CCO[C@H]2CCO. The molecule has 5 nitrogen and oxygen atoms in total. The van der Waals surface area contributed by atoms with E-state index < -0.39 is 0 Å². The van der Waals surface area contributed by atoms with E-state index in [0.29, 0.717) is 25.2 Å². The Balaban J connectivity index is 1.67. The molecule has 0 saturated carbocycles. The molecule has 25 heavy (non-hydrogen) atoms. The molecular formula is C20H23NO4. The molecule has 1 N–H and O–H groups in total. The number of hydrogen-bond donors (Lipinski definition) is 1. The molecule has 0 spiro atoms. The largest absolute Gasteiger partial charge is 0.396 e. The highest BCUT2D eigenvalue weighted by Crippen LogP contribution is 2.30. The van der Waals surface area contributed by atoms with Gasteiger partial charge in [-0.3, -0.25) is 9.63 Å². The van der Waals surface area contributed by atoms with Gasteiger partial charge in [-0.2, -0.15) is 0 Å². The van der Waals surface area contributed by atoms with Crippen molar-refractivity contribution in [3.05, 3.63) is 70.8 Å². The van der Waals surface area contributed by atoms with E-state index in [-0.39, 0.29) is 18.6 Å². The molecule has 132 valence electrons. The molecule has 0 aromatic heterocycles. The number of hydroxylamine groups is 2. The summed E-state index contributed by atoms with van der Waals surface area (Å²) >= 11 is 0. The number of fused-ring (bicyclic) bond motifs is 1. The fourth-order valence-electron chi connectivity index (χ4n) is 3.01. The van der Waals surface area contributed by atoms with Gasteiger partial charge in [-0.15, -0.1) is 0 Å². The Hall–Kier alpha value is -2.21. The summed E-state index contributed by atoms with van der Waals surface area (Å²) in [4.78, 5) is 18.2. The maximum atomic E-state index is 12.6. The lowest BCUT2D eigenvalue weighted by Crippen LogP contribution is -2.27. The summed E-state index contributed by atoms with van der Waals surface area (Å²) in [6.45, 7) is 1.04. The molecule has 3 rings (SSSR count). The molecule has 0 aliphatic carbocycles. The van der Waals surface area contributed by atoms with Crippen molar-refractivity contribution in [3.63, 3.8) is 0 Å². The maximum absolute atomic E-state index is 12.6. The minimum atomic E-state index is -0.177. The number of ether oxygens (including phenoxy) is 1. The van der Waals surface area contributed by atoms with Crippen LogP contribution in [0.25, 0.3) is 0 Å². The molecule has 0 saturated heterocycles. The highest BCUT2D eigenvalue weighted by atomic mass is 16.7. The predicted octanol–water partition coefficient (Wildman–Crippen LogP) is 2.89. The van der Waals surface area contributed by atoms with E-state index in [1.54, 1.807) is 13.1 Å². The minimum Gasteiger partial charge on any atom is -0.396 e. The first-order valence-corrected chi connectivity index (χ1v) is 8.49. The predicted molar refractivity (Wildman–Crippen MR) is 93.9 cm³/mol. The van der Waals surface area contributed by atoms with Gasteiger partial charge in [-0.25, -0.2) is 5.06 Å². The third kappa shape index (κ3) is 4.25. The number of aliphatic hydroxyl groups is 1. The molecule has 0 bridgehead atoms. The summed E-state index contributed by atoms with van der Waals surface area (Å²) < 4.78 is 5.70. The van der Waals surface area contributed by atoms with Crippen LogP contribution in [0.15, 0.2) is 48.5 Å². The van der Waals surface area contributed by atoms with Gasteiger partial charge in [0, 0.05) is 25.6 Å². The number of rotatable bonds is 6. The fraction of sp³-hybridized carbons (Fsp3) is 0.350. The molecule has 0 radical (unpaired) electrons. The lowest BCUT2D eigenvalue weighted by atomic mass is 9.94. The normalized spacial score (nSPS) is 16.3. The Kier molecular flexibility index (Phi) is 5.81. The van der Waals surface area contributed by atoms with E-state index in [0.717, 1.165) is 23.1 Å². The zero-order chi connectivity index (χ0) is 17.6. The molecule has 0 fully saturated rings. The first kappa shape index (κ1) is 17.6. The van der Waals surface area contributed by atoms with E-state index in [4.69, 9.17) is 14.7 Å². The van der Waals surface area contributed by atoms with Crippen LogP contribution < -0.4 is 0 Å². The second-order valence-electron chi connectivity index (χ2n) is 6.10. The molecule has 2 aromatic carbocycles. The van der Waals surface area contributed by atoms with Crippen molar-refractivity contribution in [1.82, 2.24) is 5.06 Å². The van der Waals surface area contributed by atoms with Crippen molar-refractivity contribution in [1.29, 1.82) is 0 Å². The standard InChI is InChI=1S/C20H23NO4/c1-21(25-14-15-5-3-2-4-6-15)20(23)17-7-8-18-16(13-17)10-12-24-19(18)9-11-22/h2-8,13,19,22H,9-12,14H2,1H3/t19-/m0/s1. The monoisotopic (exact) mass is 341 g/mol. The molecule has 0 unspecified atom stereocenters. The topological polar surface area (TPSA) is 59.0 Å². The van der Waals surface area contributed by atoms with E-state index in [2.05, 4.69) is 0 Å². The Morgan fingerprint density at radius 2 is 2.08 bits per heavy atom. The van der Waals surface area contributed by atoms with Crippen LogP contribution in [0, 0.1) is 0 Å². The number of amides is 1. The maximum Gasteiger partial charge on any atom is 0.277 e. The van der Waals surface area contributed by atoms with Crippen molar-refractivity contribution in [3.8, 4) is 0 Å². The number of carbonyl (C=O) groups is 1. The molecule has 1 heterocycles. The van der Waals surface area contributed by atoms with Crippen LogP contribution in [0.2, 0.25) is 0 Å². The molecule has 1 atom stereocenters. The molecule has 1 aliphatic heterocycles. The van der Waals surface area contributed by atoms with Crippen LogP contribution in [0.1, 0.15) is 39.6 Å². The van der Waals surface area contributed by atoms with E-state index in [1.165, 1.54) is 5.06 Å². The first-order valence-electron chi connectivity index (χ1n) is 8.49. The highest BCUT2D eigenvalue weighted by Gasteiger charge is 2.22. The van der Waals surface area contributed by atoms with Crippen molar-refractivity contribution in [2.24, 2.45) is 0 Å². The van der Waals surface area contributed by atoms with Crippen molar-refractivity contribution in [2.75, 3.05) is 20.3 Å². The highest BCUT2D eigenvalue weighted by molar-refractivity contribution is 5.93. The fourth-order valence-corrected chi connectivity index (χ4v) is 3.01. The van der Waals surface area contributed by atoms with Crippen molar-refractivity contribution < 1.29 is 19.5 Å². The lowest BCUT2D eigenvalue weighted by molar-refractivity contribution is -0.116. The van der Waals surface area contributed by atoms with Crippen LogP contribution in [-0.2, 0) is 22.6 Å². The molecule has 5 heteroatoms. The average Bonchev–Trinajstić information content (AvgIpc) is 2.66. The van der Waals surface area contributed by atoms with Crippen molar-refractivity contribution >= 4 is 5.91 Å². The quantitative estimate of drug-likeness (QED) is 0.821. The van der Waals surface area contributed by atoms with E-state index in [9.17, 15) is 4.79 Å². The summed E-state index contributed by atoms with van der Waals surface area (Å²) in [6, 6.07) is 15.4. The van der Waals surface area contributed by atoms with Gasteiger partial charge in [-0.05, 0) is 35.2 Å². The van der Waals surface area contributed by atoms with Crippen LogP contribution in [0.5, 0.6) is 0 Å². The average molecular weight is 341 g/mol. The Bertz CT molecular complexity index is 717. The molecule has 2 aromatic rings. The van der Waals surface area contributed by atoms with Crippen LogP contribution in [-0.4, -0.2) is 36.3 Å². The molecule has 1 amide bonds. The second kappa shape index (κ2) is 8.25. The Morgan fingerprint density at radius 3 is 2.84 bits per heavy atom. The summed E-state index contributed by atoms with van der Waals surface area (Å²) in [5.41, 5.74) is 3.77. The number of nitrogens with zero attached hydrogens (tertiary/aromatic N) is 1. The Morgan fingerprint density at radius 1 is 1.28 bits per heavy atom. The third-order valence-electron chi connectivity index (χ3n) is 4.37. The first-order chi connectivity index (χ1) is 12.2. The van der Waals surface area contributed by atoms with Crippen LogP contribution in [0.4, 0.5) is 0 Å².